The van der Waals surface area contributed by atoms with Gasteiger partial charge in [-0.15, -0.1) is 0 Å². The van der Waals surface area contributed by atoms with Gasteiger partial charge in [-0.05, 0) is 38.0 Å². The molecule has 1 aromatic carbocycles. The van der Waals surface area contributed by atoms with Crippen LogP contribution >= 0.6 is 0 Å². The number of rotatable bonds is 2. The van der Waals surface area contributed by atoms with Crippen molar-refractivity contribution in [3.63, 3.8) is 0 Å². The van der Waals surface area contributed by atoms with Crippen LogP contribution in [0.15, 0.2) is 18.2 Å². The lowest BCUT2D eigenvalue weighted by Crippen LogP contribution is -2.39. The highest BCUT2D eigenvalue weighted by Crippen LogP contribution is 2.35. The minimum absolute atomic E-state index is 0.0951. The van der Waals surface area contributed by atoms with Gasteiger partial charge < -0.3 is 10.6 Å². The van der Waals surface area contributed by atoms with E-state index in [2.05, 4.69) is 0 Å². The highest BCUT2D eigenvalue weighted by atomic mass is 19.4. The minimum atomic E-state index is -4.11. The standard InChI is InChI=1S/C14H17F3N2O/c1-9(20)12-3-2-11(8-13(12)18)19-6-4-10(5-7-19)14(15,16)17/h2-3,8,10H,4-7,18H2,1H3. The van der Waals surface area contributed by atoms with Crippen molar-refractivity contribution >= 4 is 17.2 Å². The van der Waals surface area contributed by atoms with Crippen molar-refractivity contribution in [1.29, 1.82) is 0 Å². The van der Waals surface area contributed by atoms with Crippen LogP contribution in [-0.4, -0.2) is 25.0 Å². The first-order valence-corrected chi connectivity index (χ1v) is 6.51. The first-order chi connectivity index (χ1) is 9.29. The van der Waals surface area contributed by atoms with Gasteiger partial charge in [0, 0.05) is 30.0 Å². The summed E-state index contributed by atoms with van der Waals surface area (Å²) in [4.78, 5) is 13.2. The number of carbonyl (C=O) groups is 1. The molecule has 0 unspecified atom stereocenters. The second kappa shape index (κ2) is 5.34. The SMILES string of the molecule is CC(=O)c1ccc(N2CCC(C(F)(F)F)CC2)cc1N. The Morgan fingerprint density at radius 2 is 1.90 bits per heavy atom. The number of hydrogen-bond acceptors (Lipinski definition) is 3. The Kier molecular flexibility index (Phi) is 3.92. The van der Waals surface area contributed by atoms with Crippen molar-refractivity contribution in [2.75, 3.05) is 23.7 Å². The molecule has 1 aliphatic rings. The smallest absolute Gasteiger partial charge is 0.391 e. The summed E-state index contributed by atoms with van der Waals surface area (Å²) < 4.78 is 37.8. The monoisotopic (exact) mass is 286 g/mol. The number of alkyl halides is 3. The molecule has 20 heavy (non-hydrogen) atoms. The Morgan fingerprint density at radius 3 is 2.35 bits per heavy atom. The summed E-state index contributed by atoms with van der Waals surface area (Å²) in [5, 5.41) is 0. The third kappa shape index (κ3) is 3.05. The highest BCUT2D eigenvalue weighted by Gasteiger charge is 2.41. The van der Waals surface area contributed by atoms with Crippen LogP contribution in [0.3, 0.4) is 0 Å². The largest absolute Gasteiger partial charge is 0.398 e. The molecule has 0 saturated carbocycles. The van der Waals surface area contributed by atoms with E-state index in [0.717, 1.165) is 5.69 Å². The zero-order chi connectivity index (χ0) is 14.9. The van der Waals surface area contributed by atoms with E-state index >= 15 is 0 Å². The van der Waals surface area contributed by atoms with Crippen LogP contribution < -0.4 is 10.6 Å². The predicted molar refractivity (Wildman–Crippen MR) is 71.9 cm³/mol. The van der Waals surface area contributed by atoms with Crippen LogP contribution in [0.1, 0.15) is 30.1 Å². The molecule has 0 radical (unpaired) electrons. The van der Waals surface area contributed by atoms with Crippen LogP contribution in [0.5, 0.6) is 0 Å². The number of benzene rings is 1. The summed E-state index contributed by atoms with van der Waals surface area (Å²) in [5.74, 6) is -1.34. The van der Waals surface area contributed by atoms with E-state index in [1.54, 1.807) is 18.2 Å². The molecular weight excluding hydrogens is 269 g/mol. The molecule has 3 nitrogen and oxygen atoms in total. The fraction of sp³-hybridized carbons (Fsp3) is 0.500. The third-order valence-corrected chi connectivity index (χ3v) is 3.74. The summed E-state index contributed by atoms with van der Waals surface area (Å²) in [7, 11) is 0. The van der Waals surface area contributed by atoms with Gasteiger partial charge in [-0.1, -0.05) is 0 Å². The number of nitrogens with two attached hydrogens (primary N) is 1. The summed E-state index contributed by atoms with van der Waals surface area (Å²) in [5.41, 5.74) is 7.38. The lowest BCUT2D eigenvalue weighted by atomic mass is 9.95. The fourth-order valence-electron chi connectivity index (χ4n) is 2.53. The number of nitrogen functional groups attached to an aromatic ring is 1. The lowest BCUT2D eigenvalue weighted by Gasteiger charge is -2.34. The first kappa shape index (κ1) is 14.7. The minimum Gasteiger partial charge on any atom is -0.398 e. The molecule has 110 valence electrons. The van der Waals surface area contributed by atoms with Crippen molar-refractivity contribution < 1.29 is 18.0 Å². The van der Waals surface area contributed by atoms with Crippen LogP contribution in [0.4, 0.5) is 24.5 Å². The third-order valence-electron chi connectivity index (χ3n) is 3.74. The zero-order valence-corrected chi connectivity index (χ0v) is 11.2. The number of anilines is 2. The van der Waals surface area contributed by atoms with Gasteiger partial charge in [-0.3, -0.25) is 4.79 Å². The Labute approximate surface area is 115 Å². The molecule has 0 spiro atoms. The van der Waals surface area contributed by atoms with Crippen molar-refractivity contribution in [2.24, 2.45) is 5.92 Å². The Bertz CT molecular complexity index is 506. The zero-order valence-electron chi connectivity index (χ0n) is 11.2. The molecule has 0 aliphatic carbocycles. The molecule has 1 saturated heterocycles. The lowest BCUT2D eigenvalue weighted by molar-refractivity contribution is -0.179. The number of Topliss-reactive ketones (excluding diaryl/α,β-unsaturated/α-hetero) is 1. The Morgan fingerprint density at radius 1 is 1.30 bits per heavy atom. The molecule has 1 heterocycles. The molecule has 1 aromatic rings. The molecule has 0 aromatic heterocycles. The number of nitrogens with zero attached hydrogens (tertiary/aromatic N) is 1. The van der Waals surface area contributed by atoms with Crippen molar-refractivity contribution in [3.8, 4) is 0 Å². The van der Waals surface area contributed by atoms with Crippen LogP contribution in [-0.2, 0) is 0 Å². The number of carbonyl (C=O) groups excluding carboxylic acids is 1. The molecular formula is C14H17F3N2O. The molecule has 0 amide bonds. The van der Waals surface area contributed by atoms with E-state index in [1.165, 1.54) is 6.92 Å². The van der Waals surface area contributed by atoms with E-state index < -0.39 is 12.1 Å². The maximum absolute atomic E-state index is 12.6. The average Bonchev–Trinajstić information content (AvgIpc) is 2.37. The van der Waals surface area contributed by atoms with Gasteiger partial charge in [-0.2, -0.15) is 13.2 Å². The van der Waals surface area contributed by atoms with Gasteiger partial charge in [-0.25, -0.2) is 0 Å². The van der Waals surface area contributed by atoms with E-state index in [-0.39, 0.29) is 18.6 Å². The average molecular weight is 286 g/mol. The molecule has 1 fully saturated rings. The van der Waals surface area contributed by atoms with Gasteiger partial charge in [0.15, 0.2) is 5.78 Å². The summed E-state index contributed by atoms with van der Waals surface area (Å²) in [6.45, 7) is 2.13. The number of hydrogen-bond donors (Lipinski definition) is 1. The van der Waals surface area contributed by atoms with Gasteiger partial charge in [0.1, 0.15) is 0 Å². The number of ketones is 1. The van der Waals surface area contributed by atoms with Gasteiger partial charge in [0.2, 0.25) is 0 Å². The van der Waals surface area contributed by atoms with E-state index in [0.29, 0.717) is 24.3 Å². The first-order valence-electron chi connectivity index (χ1n) is 6.51. The summed E-state index contributed by atoms with van der Waals surface area (Å²) in [6, 6.07) is 5.02. The maximum atomic E-state index is 12.6. The topological polar surface area (TPSA) is 46.3 Å². The van der Waals surface area contributed by atoms with E-state index in [1.807, 2.05) is 4.90 Å². The van der Waals surface area contributed by atoms with Crippen LogP contribution in [0.2, 0.25) is 0 Å². The fourth-order valence-corrected chi connectivity index (χ4v) is 2.53. The second-order valence-corrected chi connectivity index (χ2v) is 5.13. The quantitative estimate of drug-likeness (QED) is 0.670. The Balaban J connectivity index is 2.08. The molecule has 2 rings (SSSR count). The molecule has 0 bridgehead atoms. The van der Waals surface area contributed by atoms with Crippen LogP contribution in [0, 0.1) is 5.92 Å². The van der Waals surface area contributed by atoms with E-state index in [9.17, 15) is 18.0 Å². The van der Waals surface area contributed by atoms with E-state index in [4.69, 9.17) is 5.73 Å². The molecule has 6 heteroatoms. The molecule has 1 aliphatic heterocycles. The number of halogens is 3. The highest BCUT2D eigenvalue weighted by molar-refractivity contribution is 5.99. The maximum Gasteiger partial charge on any atom is 0.391 e. The van der Waals surface area contributed by atoms with Crippen LogP contribution in [0.25, 0.3) is 0 Å². The summed E-state index contributed by atoms with van der Waals surface area (Å²) in [6.07, 6.45) is -3.92. The summed E-state index contributed by atoms with van der Waals surface area (Å²) >= 11 is 0. The predicted octanol–water partition coefficient (Wildman–Crippen LogP) is 3.25. The molecule has 0 atom stereocenters. The van der Waals surface area contributed by atoms with Crippen molar-refractivity contribution in [3.05, 3.63) is 23.8 Å². The Hall–Kier alpha value is -1.72. The van der Waals surface area contributed by atoms with Crippen molar-refractivity contribution in [1.82, 2.24) is 0 Å². The second-order valence-electron chi connectivity index (χ2n) is 5.13. The van der Waals surface area contributed by atoms with Gasteiger partial charge >= 0.3 is 6.18 Å². The van der Waals surface area contributed by atoms with Gasteiger partial charge in [0.25, 0.3) is 0 Å². The van der Waals surface area contributed by atoms with Crippen molar-refractivity contribution in [2.45, 2.75) is 25.9 Å². The molecule has 2 N–H and O–H groups in total. The normalized spacial score (nSPS) is 17.3. The van der Waals surface area contributed by atoms with Gasteiger partial charge in [0.05, 0.1) is 5.92 Å². The number of piperidine rings is 1.